The molecule has 0 radical (unpaired) electrons. The molecule has 2 heteroatoms. The number of ether oxygens (including phenoxy) is 1. The van der Waals surface area contributed by atoms with Crippen LogP contribution in [0.2, 0.25) is 0 Å². The maximum absolute atomic E-state index is 5.16. The molecule has 0 aliphatic carbocycles. The van der Waals surface area contributed by atoms with Gasteiger partial charge in [-0.05, 0) is 39.2 Å². The number of rotatable bonds is 3. The van der Waals surface area contributed by atoms with Gasteiger partial charge in [0.05, 0.1) is 11.6 Å². The zero-order valence-electron chi connectivity index (χ0n) is 7.51. The lowest BCUT2D eigenvalue weighted by atomic mass is 10.1. The van der Waals surface area contributed by atoms with E-state index in [9.17, 15) is 0 Å². The third-order valence-electron chi connectivity index (χ3n) is 1.80. The summed E-state index contributed by atoms with van der Waals surface area (Å²) in [4.78, 5) is 0. The summed E-state index contributed by atoms with van der Waals surface area (Å²) in [6, 6.07) is 3.89. The van der Waals surface area contributed by atoms with Crippen molar-refractivity contribution in [3.05, 3.63) is 40.9 Å². The number of hydrogen-bond acceptors (Lipinski definition) is 1. The first-order valence-electron chi connectivity index (χ1n) is 3.85. The molecule has 1 nitrogen and oxygen atoms in total. The first-order chi connectivity index (χ1) is 6.22. The van der Waals surface area contributed by atoms with Gasteiger partial charge < -0.3 is 4.74 Å². The van der Waals surface area contributed by atoms with Gasteiger partial charge in [-0.2, -0.15) is 0 Å². The molecule has 0 amide bonds. The van der Waals surface area contributed by atoms with E-state index < -0.39 is 0 Å². The van der Waals surface area contributed by atoms with Crippen LogP contribution in [0.1, 0.15) is 11.1 Å². The molecular formula is C11H11BrO. The number of methoxy groups -OCH3 is 1. The highest BCUT2D eigenvalue weighted by Gasteiger charge is 2.03. The third kappa shape index (κ3) is 2.01. The van der Waals surface area contributed by atoms with E-state index in [4.69, 9.17) is 4.74 Å². The van der Waals surface area contributed by atoms with Crippen LogP contribution in [0.25, 0.3) is 12.2 Å². The van der Waals surface area contributed by atoms with E-state index in [0.29, 0.717) is 0 Å². The summed E-state index contributed by atoms with van der Waals surface area (Å²) in [5.41, 5.74) is 2.07. The normalized spacial score (nSPS) is 9.38. The molecule has 0 saturated carbocycles. The molecule has 0 saturated heterocycles. The van der Waals surface area contributed by atoms with Crippen molar-refractivity contribution in [1.82, 2.24) is 0 Å². The van der Waals surface area contributed by atoms with Crippen LogP contribution in [0.4, 0.5) is 0 Å². The number of halogens is 1. The highest BCUT2D eigenvalue weighted by atomic mass is 79.9. The van der Waals surface area contributed by atoms with Crippen molar-refractivity contribution in [3.63, 3.8) is 0 Å². The molecule has 13 heavy (non-hydrogen) atoms. The minimum Gasteiger partial charge on any atom is -0.496 e. The van der Waals surface area contributed by atoms with Gasteiger partial charge in [0.2, 0.25) is 0 Å². The Morgan fingerprint density at radius 2 is 1.77 bits per heavy atom. The van der Waals surface area contributed by atoms with E-state index >= 15 is 0 Å². The first kappa shape index (κ1) is 10.1. The highest BCUT2D eigenvalue weighted by Crippen LogP contribution is 2.29. The van der Waals surface area contributed by atoms with Gasteiger partial charge in [-0.15, -0.1) is 0 Å². The summed E-state index contributed by atoms with van der Waals surface area (Å²) in [6.45, 7) is 7.45. The van der Waals surface area contributed by atoms with E-state index in [1.807, 2.05) is 12.1 Å². The summed E-state index contributed by atoms with van der Waals surface area (Å²) < 4.78 is 6.08. The van der Waals surface area contributed by atoms with Gasteiger partial charge in [0, 0.05) is 0 Å². The Labute approximate surface area is 86.9 Å². The molecular weight excluding hydrogens is 228 g/mol. The molecule has 0 heterocycles. The smallest absolute Gasteiger partial charge is 0.133 e. The summed E-state index contributed by atoms with van der Waals surface area (Å²) >= 11 is 3.40. The lowest BCUT2D eigenvalue weighted by Gasteiger charge is -2.07. The molecule has 0 aliphatic rings. The topological polar surface area (TPSA) is 9.23 Å². The Hall–Kier alpha value is -1.02. The maximum atomic E-state index is 5.16. The van der Waals surface area contributed by atoms with Crippen LogP contribution < -0.4 is 4.74 Å². The van der Waals surface area contributed by atoms with Crippen LogP contribution >= 0.6 is 15.9 Å². The number of hydrogen-bond donors (Lipinski definition) is 0. The summed E-state index contributed by atoms with van der Waals surface area (Å²) in [6.07, 6.45) is 3.58. The van der Waals surface area contributed by atoms with Gasteiger partial charge in [-0.25, -0.2) is 0 Å². The van der Waals surface area contributed by atoms with Crippen LogP contribution in [0.15, 0.2) is 29.8 Å². The Balaban J connectivity index is 3.34. The van der Waals surface area contributed by atoms with Crippen molar-refractivity contribution in [1.29, 1.82) is 0 Å². The molecule has 1 aromatic carbocycles. The minimum absolute atomic E-state index is 0.806. The van der Waals surface area contributed by atoms with E-state index in [-0.39, 0.29) is 0 Å². The standard InChI is InChI=1S/C11H11BrO/c1-4-8-6-10(12)11(13-3)7-9(8)5-2/h4-7H,1-2H2,3H3. The summed E-state index contributed by atoms with van der Waals surface area (Å²) in [5.74, 6) is 0.806. The predicted molar refractivity (Wildman–Crippen MR) is 60.9 cm³/mol. The zero-order chi connectivity index (χ0) is 9.84. The molecule has 0 unspecified atom stereocenters. The average Bonchev–Trinajstić information content (AvgIpc) is 2.17. The summed E-state index contributed by atoms with van der Waals surface area (Å²) in [5, 5.41) is 0. The summed E-state index contributed by atoms with van der Waals surface area (Å²) in [7, 11) is 1.64. The molecule has 68 valence electrons. The third-order valence-corrected chi connectivity index (χ3v) is 2.42. The SMILES string of the molecule is C=Cc1cc(Br)c(OC)cc1C=C. The quantitative estimate of drug-likeness (QED) is 0.780. The Kier molecular flexibility index (Phi) is 3.32. The van der Waals surface area contributed by atoms with Gasteiger partial charge in [0.25, 0.3) is 0 Å². The lowest BCUT2D eigenvalue weighted by molar-refractivity contribution is 0.412. The molecule has 1 rings (SSSR count). The fourth-order valence-corrected chi connectivity index (χ4v) is 1.62. The highest BCUT2D eigenvalue weighted by molar-refractivity contribution is 9.10. The number of benzene rings is 1. The van der Waals surface area contributed by atoms with E-state index in [2.05, 4.69) is 29.1 Å². The molecule has 0 aromatic heterocycles. The second-order valence-corrected chi connectivity index (χ2v) is 3.38. The van der Waals surface area contributed by atoms with Crippen LogP contribution in [-0.4, -0.2) is 7.11 Å². The first-order valence-corrected chi connectivity index (χ1v) is 4.64. The lowest BCUT2D eigenvalue weighted by Crippen LogP contribution is -1.88. The fraction of sp³-hybridized carbons (Fsp3) is 0.0909. The molecule has 0 N–H and O–H groups in total. The van der Waals surface area contributed by atoms with Gasteiger partial charge in [0.1, 0.15) is 5.75 Å². The van der Waals surface area contributed by atoms with E-state index in [1.54, 1.807) is 19.3 Å². The van der Waals surface area contributed by atoms with Crippen molar-refractivity contribution < 1.29 is 4.74 Å². The molecule has 0 bridgehead atoms. The molecule has 0 aliphatic heterocycles. The van der Waals surface area contributed by atoms with Crippen LogP contribution in [0.3, 0.4) is 0 Å². The van der Waals surface area contributed by atoms with Gasteiger partial charge in [0.15, 0.2) is 0 Å². The fourth-order valence-electron chi connectivity index (χ4n) is 1.09. The zero-order valence-corrected chi connectivity index (χ0v) is 9.10. The van der Waals surface area contributed by atoms with Crippen molar-refractivity contribution in [3.8, 4) is 5.75 Å². The Bertz CT molecular complexity index is 342. The van der Waals surface area contributed by atoms with Crippen LogP contribution in [0, 0.1) is 0 Å². The van der Waals surface area contributed by atoms with Crippen LogP contribution in [-0.2, 0) is 0 Å². The molecule has 0 fully saturated rings. The van der Waals surface area contributed by atoms with Crippen molar-refractivity contribution >= 4 is 28.1 Å². The second-order valence-electron chi connectivity index (χ2n) is 2.52. The van der Waals surface area contributed by atoms with Gasteiger partial charge in [-0.3, -0.25) is 0 Å². The Morgan fingerprint density at radius 1 is 1.23 bits per heavy atom. The molecule has 0 spiro atoms. The van der Waals surface area contributed by atoms with Crippen LogP contribution in [0.5, 0.6) is 5.75 Å². The van der Waals surface area contributed by atoms with Crippen molar-refractivity contribution in [2.75, 3.05) is 7.11 Å². The van der Waals surface area contributed by atoms with Gasteiger partial charge >= 0.3 is 0 Å². The largest absolute Gasteiger partial charge is 0.496 e. The molecule has 0 atom stereocenters. The predicted octanol–water partition coefficient (Wildman–Crippen LogP) is 3.74. The minimum atomic E-state index is 0.806. The average molecular weight is 239 g/mol. The van der Waals surface area contributed by atoms with E-state index in [1.165, 1.54) is 0 Å². The maximum Gasteiger partial charge on any atom is 0.133 e. The monoisotopic (exact) mass is 238 g/mol. The van der Waals surface area contributed by atoms with Gasteiger partial charge in [-0.1, -0.05) is 25.3 Å². The molecule has 1 aromatic rings. The van der Waals surface area contributed by atoms with Crippen molar-refractivity contribution in [2.45, 2.75) is 0 Å². The second kappa shape index (κ2) is 4.28. The van der Waals surface area contributed by atoms with Crippen molar-refractivity contribution in [2.24, 2.45) is 0 Å². The Morgan fingerprint density at radius 3 is 2.23 bits per heavy atom. The van der Waals surface area contributed by atoms with E-state index in [0.717, 1.165) is 21.3 Å².